The molecule has 6 heteroatoms. The Bertz CT molecular complexity index is 672. The summed E-state index contributed by atoms with van der Waals surface area (Å²) in [5.41, 5.74) is 7.08. The molecule has 0 unspecified atom stereocenters. The van der Waals surface area contributed by atoms with E-state index in [0.717, 1.165) is 6.54 Å². The van der Waals surface area contributed by atoms with Gasteiger partial charge < -0.3 is 16.4 Å². The summed E-state index contributed by atoms with van der Waals surface area (Å²) in [6, 6.07) is 7.06. The Kier molecular flexibility index (Phi) is 4.23. The zero-order valence-corrected chi connectivity index (χ0v) is 11.8. The number of anilines is 3. The predicted molar refractivity (Wildman–Crippen MR) is 83.0 cm³/mol. The lowest BCUT2D eigenvalue weighted by atomic mass is 10.2. The van der Waals surface area contributed by atoms with E-state index in [1.165, 1.54) is 11.3 Å². The molecule has 1 heterocycles. The van der Waals surface area contributed by atoms with Crippen LogP contribution in [-0.2, 0) is 0 Å². The van der Waals surface area contributed by atoms with Gasteiger partial charge in [0.05, 0.1) is 0 Å². The van der Waals surface area contributed by atoms with E-state index in [0.29, 0.717) is 21.3 Å². The number of thiazole rings is 1. The molecule has 20 heavy (non-hydrogen) atoms. The highest BCUT2D eigenvalue weighted by molar-refractivity contribution is 7.18. The number of terminal acetylenes is 1. The van der Waals surface area contributed by atoms with Crippen molar-refractivity contribution in [3.63, 3.8) is 0 Å². The molecular weight excluding hydrogens is 272 g/mol. The van der Waals surface area contributed by atoms with E-state index in [2.05, 4.69) is 21.5 Å². The quantitative estimate of drug-likeness (QED) is 0.754. The average molecular weight is 286 g/mol. The number of nitrogens with zero attached hydrogens (tertiary/aromatic N) is 1. The lowest BCUT2D eigenvalue weighted by Gasteiger charge is -2.04. The standard InChI is InChI=1S/C14H14N4OS/c1-3-9-6-5-7-10(8-9)17-13(19)11-12(15)18-14(20-11)16-4-2/h1,5-8H,4,15H2,2H3,(H,16,18)(H,17,19). The fourth-order valence-electron chi connectivity index (χ4n) is 1.60. The number of benzene rings is 1. The van der Waals surface area contributed by atoms with E-state index in [1.54, 1.807) is 24.3 Å². The SMILES string of the molecule is C#Cc1cccc(NC(=O)c2sc(NCC)nc2N)c1. The van der Waals surface area contributed by atoms with Gasteiger partial charge in [0.1, 0.15) is 10.7 Å². The van der Waals surface area contributed by atoms with Gasteiger partial charge >= 0.3 is 0 Å². The Labute approximate surface area is 121 Å². The van der Waals surface area contributed by atoms with Crippen molar-refractivity contribution in [2.45, 2.75) is 6.92 Å². The Morgan fingerprint density at radius 3 is 3.05 bits per heavy atom. The molecule has 2 aromatic rings. The maximum atomic E-state index is 12.2. The number of nitrogens with one attached hydrogen (secondary N) is 2. The summed E-state index contributed by atoms with van der Waals surface area (Å²) in [7, 11) is 0. The van der Waals surface area contributed by atoms with Gasteiger partial charge in [0.25, 0.3) is 5.91 Å². The zero-order valence-electron chi connectivity index (χ0n) is 10.9. The highest BCUT2D eigenvalue weighted by Crippen LogP contribution is 2.25. The molecule has 0 radical (unpaired) electrons. The first-order valence-corrected chi connectivity index (χ1v) is 6.84. The van der Waals surface area contributed by atoms with Crippen LogP contribution >= 0.6 is 11.3 Å². The summed E-state index contributed by atoms with van der Waals surface area (Å²) in [6.07, 6.45) is 5.32. The molecule has 0 fully saturated rings. The van der Waals surface area contributed by atoms with Crippen molar-refractivity contribution in [1.82, 2.24) is 4.98 Å². The van der Waals surface area contributed by atoms with E-state index in [1.807, 2.05) is 6.92 Å². The molecule has 0 saturated carbocycles. The number of aromatic nitrogens is 1. The van der Waals surface area contributed by atoms with Crippen LogP contribution in [0.2, 0.25) is 0 Å². The molecular formula is C14H14N4OS. The van der Waals surface area contributed by atoms with Crippen LogP contribution in [0.1, 0.15) is 22.2 Å². The fraction of sp³-hybridized carbons (Fsp3) is 0.143. The molecule has 1 aromatic carbocycles. The maximum Gasteiger partial charge on any atom is 0.269 e. The van der Waals surface area contributed by atoms with E-state index in [-0.39, 0.29) is 11.7 Å². The Morgan fingerprint density at radius 2 is 2.35 bits per heavy atom. The third-order valence-corrected chi connectivity index (χ3v) is 3.50. The fourth-order valence-corrected chi connectivity index (χ4v) is 2.44. The molecule has 0 atom stereocenters. The Hall–Kier alpha value is -2.52. The number of rotatable bonds is 4. The number of nitrogen functional groups attached to an aromatic ring is 1. The lowest BCUT2D eigenvalue weighted by molar-refractivity contribution is 0.103. The van der Waals surface area contributed by atoms with Gasteiger partial charge in [0.2, 0.25) is 0 Å². The van der Waals surface area contributed by atoms with Gasteiger partial charge in [-0.2, -0.15) is 0 Å². The largest absolute Gasteiger partial charge is 0.382 e. The topological polar surface area (TPSA) is 80.0 Å². The Balaban J connectivity index is 2.17. The van der Waals surface area contributed by atoms with E-state index >= 15 is 0 Å². The molecule has 0 spiro atoms. The van der Waals surface area contributed by atoms with Crippen molar-refractivity contribution in [1.29, 1.82) is 0 Å². The smallest absolute Gasteiger partial charge is 0.269 e. The second-order valence-electron chi connectivity index (χ2n) is 3.94. The van der Waals surface area contributed by atoms with E-state index in [4.69, 9.17) is 12.2 Å². The van der Waals surface area contributed by atoms with E-state index < -0.39 is 0 Å². The molecule has 0 aliphatic rings. The van der Waals surface area contributed by atoms with Crippen LogP contribution in [0.25, 0.3) is 0 Å². The number of carbonyl (C=O) groups excluding carboxylic acids is 1. The highest BCUT2D eigenvalue weighted by Gasteiger charge is 2.16. The van der Waals surface area contributed by atoms with Crippen molar-refractivity contribution in [3.05, 3.63) is 34.7 Å². The molecule has 5 nitrogen and oxygen atoms in total. The summed E-state index contributed by atoms with van der Waals surface area (Å²) < 4.78 is 0. The van der Waals surface area contributed by atoms with Crippen LogP contribution in [0.5, 0.6) is 0 Å². The first-order valence-electron chi connectivity index (χ1n) is 6.02. The van der Waals surface area contributed by atoms with Crippen LogP contribution in [0.4, 0.5) is 16.6 Å². The van der Waals surface area contributed by atoms with Crippen molar-refractivity contribution in [2.24, 2.45) is 0 Å². The zero-order chi connectivity index (χ0) is 14.5. The maximum absolute atomic E-state index is 12.2. The van der Waals surface area contributed by atoms with Gasteiger partial charge in [-0.3, -0.25) is 4.79 Å². The number of carbonyl (C=O) groups is 1. The lowest BCUT2D eigenvalue weighted by Crippen LogP contribution is -2.12. The normalized spacial score (nSPS) is 9.80. The Morgan fingerprint density at radius 1 is 1.55 bits per heavy atom. The summed E-state index contributed by atoms with van der Waals surface area (Å²) in [5.74, 6) is 2.44. The molecule has 1 amide bonds. The minimum atomic E-state index is -0.293. The number of amides is 1. The molecule has 0 bridgehead atoms. The minimum Gasteiger partial charge on any atom is -0.382 e. The van der Waals surface area contributed by atoms with Gasteiger partial charge in [0, 0.05) is 17.8 Å². The third kappa shape index (κ3) is 3.08. The van der Waals surface area contributed by atoms with Crippen molar-refractivity contribution < 1.29 is 4.79 Å². The number of hydrogen-bond acceptors (Lipinski definition) is 5. The van der Waals surface area contributed by atoms with Crippen LogP contribution in [0.3, 0.4) is 0 Å². The number of hydrogen-bond donors (Lipinski definition) is 3. The predicted octanol–water partition coefficient (Wildman–Crippen LogP) is 2.39. The average Bonchev–Trinajstić information content (AvgIpc) is 2.80. The van der Waals surface area contributed by atoms with Crippen molar-refractivity contribution in [2.75, 3.05) is 22.9 Å². The molecule has 0 aliphatic carbocycles. The molecule has 1 aromatic heterocycles. The number of nitrogens with two attached hydrogens (primary N) is 1. The van der Waals surface area contributed by atoms with E-state index in [9.17, 15) is 4.79 Å². The van der Waals surface area contributed by atoms with Crippen LogP contribution in [0.15, 0.2) is 24.3 Å². The highest BCUT2D eigenvalue weighted by atomic mass is 32.1. The molecule has 4 N–H and O–H groups in total. The molecule has 2 rings (SSSR count). The third-order valence-electron chi connectivity index (χ3n) is 2.47. The second-order valence-corrected chi connectivity index (χ2v) is 4.94. The van der Waals surface area contributed by atoms with Crippen LogP contribution in [-0.4, -0.2) is 17.4 Å². The summed E-state index contributed by atoms with van der Waals surface area (Å²) in [5, 5.41) is 6.42. The van der Waals surface area contributed by atoms with Crippen molar-refractivity contribution >= 4 is 33.9 Å². The van der Waals surface area contributed by atoms with Gasteiger partial charge in [-0.05, 0) is 25.1 Å². The van der Waals surface area contributed by atoms with Gasteiger partial charge in [0.15, 0.2) is 5.13 Å². The van der Waals surface area contributed by atoms with Crippen LogP contribution < -0.4 is 16.4 Å². The van der Waals surface area contributed by atoms with Gasteiger partial charge in [-0.15, -0.1) is 6.42 Å². The summed E-state index contributed by atoms with van der Waals surface area (Å²) in [6.45, 7) is 2.67. The van der Waals surface area contributed by atoms with Crippen LogP contribution in [0, 0.1) is 12.3 Å². The van der Waals surface area contributed by atoms with Gasteiger partial charge in [-0.1, -0.05) is 23.3 Å². The first-order chi connectivity index (χ1) is 9.63. The molecule has 102 valence electrons. The summed E-state index contributed by atoms with van der Waals surface area (Å²) >= 11 is 1.22. The second kappa shape index (κ2) is 6.08. The molecule has 0 aliphatic heterocycles. The van der Waals surface area contributed by atoms with Gasteiger partial charge in [-0.25, -0.2) is 4.98 Å². The monoisotopic (exact) mass is 286 g/mol. The van der Waals surface area contributed by atoms with Crippen molar-refractivity contribution in [3.8, 4) is 12.3 Å². The first kappa shape index (κ1) is 13.9. The molecule has 0 saturated heterocycles. The summed E-state index contributed by atoms with van der Waals surface area (Å²) in [4.78, 5) is 16.6. The minimum absolute atomic E-state index is 0.219.